The van der Waals surface area contributed by atoms with Crippen LogP contribution in [-0.4, -0.2) is 91.2 Å². The molecule has 3 aromatic heterocycles. The van der Waals surface area contributed by atoms with Crippen LogP contribution < -0.4 is 20.7 Å². The van der Waals surface area contributed by atoms with Gasteiger partial charge in [-0.2, -0.15) is 5.10 Å². The molecule has 0 radical (unpaired) electrons. The van der Waals surface area contributed by atoms with Gasteiger partial charge in [0.1, 0.15) is 41.3 Å². The van der Waals surface area contributed by atoms with Crippen molar-refractivity contribution in [3.05, 3.63) is 81.3 Å². The maximum Gasteiger partial charge on any atom is 0.307 e. The number of nitrogens with zero attached hydrogens (tertiary/aromatic N) is 8. The molecule has 6 heterocycles. The van der Waals surface area contributed by atoms with Crippen molar-refractivity contribution in [3.63, 3.8) is 0 Å². The first-order valence-corrected chi connectivity index (χ1v) is 17.6. The molecule has 2 amide bonds. The van der Waals surface area contributed by atoms with Gasteiger partial charge in [-0.3, -0.25) is 19.5 Å². The molecule has 15 nitrogen and oxygen atoms in total. The van der Waals surface area contributed by atoms with Crippen molar-refractivity contribution in [1.29, 1.82) is 0 Å². The topological polar surface area (TPSA) is 179 Å². The van der Waals surface area contributed by atoms with Crippen LogP contribution in [0.4, 0.5) is 5.13 Å². The molecule has 49 heavy (non-hydrogen) atoms. The van der Waals surface area contributed by atoms with Crippen molar-refractivity contribution < 1.29 is 28.9 Å². The van der Waals surface area contributed by atoms with E-state index in [1.807, 2.05) is 40.1 Å². The predicted molar refractivity (Wildman–Crippen MR) is 182 cm³/mol. The molecule has 3 N–H and O–H groups in total. The van der Waals surface area contributed by atoms with Gasteiger partial charge in [-0.05, 0) is 29.5 Å². The van der Waals surface area contributed by atoms with Crippen molar-refractivity contribution in [1.82, 2.24) is 29.4 Å². The molecule has 0 saturated carbocycles. The zero-order chi connectivity index (χ0) is 34.2. The predicted octanol–water partition coefficient (Wildman–Crippen LogP) is 0.653. The third-order valence-electron chi connectivity index (χ3n) is 8.48. The number of halogens is 1. The number of anilines is 1. The molecule has 0 spiro atoms. The summed E-state index contributed by atoms with van der Waals surface area (Å²) in [6, 6.07) is 9.22. The molecule has 2 fully saturated rings. The van der Waals surface area contributed by atoms with Crippen molar-refractivity contribution in [2.24, 2.45) is 10.3 Å². The second-order valence-corrected chi connectivity index (χ2v) is 14.3. The van der Waals surface area contributed by atoms with E-state index < -0.39 is 29.2 Å². The number of hydrazone groups is 1. The van der Waals surface area contributed by atoms with Crippen LogP contribution in [0.15, 0.2) is 70.4 Å². The van der Waals surface area contributed by atoms with Crippen LogP contribution in [0.2, 0.25) is 4.34 Å². The monoisotopic (exact) mass is 722 g/mol. The van der Waals surface area contributed by atoms with E-state index in [1.165, 1.54) is 36.6 Å². The van der Waals surface area contributed by atoms with E-state index in [-0.39, 0.29) is 33.1 Å². The number of rotatable bonds is 11. The number of amides is 2. The average molecular weight is 723 g/mol. The van der Waals surface area contributed by atoms with E-state index in [1.54, 1.807) is 0 Å². The number of aromatic nitrogens is 4. The number of nitrogens with one attached hydrogen (secondary N) is 1. The lowest BCUT2D eigenvalue weighted by Gasteiger charge is -2.50. The molecule has 1 aromatic carbocycles. The van der Waals surface area contributed by atoms with E-state index in [0.717, 1.165) is 41.2 Å². The first-order valence-electron chi connectivity index (χ1n) is 15.4. The fraction of sp³-hybridized carbons (Fsp3) is 0.323. The molecule has 2 atom stereocenters. The van der Waals surface area contributed by atoms with Gasteiger partial charge >= 0.3 is 5.65 Å². The summed E-state index contributed by atoms with van der Waals surface area (Å²) in [5, 5.41) is 24.9. The van der Waals surface area contributed by atoms with Crippen LogP contribution >= 0.6 is 34.7 Å². The number of carbonyl (C=O) groups excluding carboxylic acids is 3. The van der Waals surface area contributed by atoms with E-state index in [2.05, 4.69) is 54.4 Å². The number of carboxylic acid groups (broad SMARTS) is 1. The maximum atomic E-state index is 13.3. The summed E-state index contributed by atoms with van der Waals surface area (Å²) in [5.41, 5.74) is 8.86. The van der Waals surface area contributed by atoms with Crippen LogP contribution in [0, 0.1) is 0 Å². The zero-order valence-corrected chi connectivity index (χ0v) is 28.6. The quantitative estimate of drug-likeness (QED) is 0.0974. The molecule has 254 valence electrons. The van der Waals surface area contributed by atoms with Gasteiger partial charge in [-0.25, -0.2) is 14.2 Å². The zero-order valence-electron chi connectivity index (χ0n) is 26.2. The number of imidazole rings is 1. The average Bonchev–Trinajstić information content (AvgIpc) is 3.89. The Morgan fingerprint density at radius 2 is 2.00 bits per heavy atom. The first-order chi connectivity index (χ1) is 23.7. The Balaban J connectivity index is 1.04. The highest BCUT2D eigenvalue weighted by atomic mass is 35.5. The van der Waals surface area contributed by atoms with E-state index >= 15 is 0 Å². The molecule has 2 saturated heterocycles. The van der Waals surface area contributed by atoms with Crippen LogP contribution in [0.5, 0.6) is 0 Å². The number of nitrogens with two attached hydrogens (primary N) is 1. The minimum atomic E-state index is -1.47. The van der Waals surface area contributed by atoms with Gasteiger partial charge in [-0.1, -0.05) is 52.4 Å². The summed E-state index contributed by atoms with van der Waals surface area (Å²) in [5.74, 6) is -2.53. The maximum absolute atomic E-state index is 13.3. The second-order valence-electron chi connectivity index (χ2n) is 11.6. The summed E-state index contributed by atoms with van der Waals surface area (Å²) in [6.45, 7) is 2.86. The van der Waals surface area contributed by atoms with Crippen molar-refractivity contribution >= 4 is 75.2 Å². The number of nitrogen functional groups attached to an aromatic ring is 1. The molecule has 18 heteroatoms. The summed E-state index contributed by atoms with van der Waals surface area (Å²) in [6.07, 6.45) is 10.0. The lowest BCUT2D eigenvalue weighted by Crippen LogP contribution is -2.71. The molecule has 3 aliphatic heterocycles. The van der Waals surface area contributed by atoms with Crippen LogP contribution in [0.1, 0.15) is 29.7 Å². The molecule has 3 aliphatic rings. The minimum absolute atomic E-state index is 0.0154. The number of aliphatic carboxylic acids is 1. The fourth-order valence-corrected chi connectivity index (χ4v) is 8.38. The third kappa shape index (κ3) is 6.36. The summed E-state index contributed by atoms with van der Waals surface area (Å²) in [4.78, 5) is 48.9. The van der Waals surface area contributed by atoms with Crippen molar-refractivity contribution in [2.45, 2.75) is 37.3 Å². The molecule has 0 bridgehead atoms. The second kappa shape index (κ2) is 13.6. The van der Waals surface area contributed by atoms with Crippen LogP contribution in [0.3, 0.4) is 0 Å². The SMILES string of the molecule is CO/N=C(\C(=O)N[C@@H]1C(=O)N2C(C(=O)[O-])=C(Cn3ccc4n3cc[n+]4Cc3ccc(C=NN4CCCC4)cc3)CS[C@H]12)c1nc(N)sc1Cl. The molecule has 7 rings (SSSR count). The Morgan fingerprint density at radius 1 is 1.22 bits per heavy atom. The Bertz CT molecular complexity index is 2030. The number of thioether (sulfide) groups is 1. The van der Waals surface area contributed by atoms with E-state index in [9.17, 15) is 19.5 Å². The molecule has 4 aromatic rings. The van der Waals surface area contributed by atoms with Crippen LogP contribution in [-0.2, 0) is 32.3 Å². The highest BCUT2D eigenvalue weighted by molar-refractivity contribution is 8.00. The highest BCUT2D eigenvalue weighted by Gasteiger charge is 2.53. The highest BCUT2D eigenvalue weighted by Crippen LogP contribution is 2.40. The van der Waals surface area contributed by atoms with E-state index in [0.29, 0.717) is 17.9 Å². The van der Waals surface area contributed by atoms with Crippen molar-refractivity contribution in [2.75, 3.05) is 31.7 Å². The summed E-state index contributed by atoms with van der Waals surface area (Å²) in [7, 11) is 1.25. The molecular formula is C31H31ClN10O5S2. The largest absolute Gasteiger partial charge is 0.543 e. The molecular weight excluding hydrogens is 692 g/mol. The smallest absolute Gasteiger partial charge is 0.307 e. The first kappa shape index (κ1) is 32.7. The van der Waals surface area contributed by atoms with Gasteiger partial charge in [0.25, 0.3) is 11.8 Å². The number of β-lactam (4-membered cyclic amide) rings is 1. The van der Waals surface area contributed by atoms with Gasteiger partial charge in [-0.15, -0.1) is 16.3 Å². The minimum Gasteiger partial charge on any atom is -0.543 e. The number of hydrogen-bond donors (Lipinski definition) is 2. The number of oxime groups is 1. The Kier molecular flexibility index (Phi) is 9.04. The number of carbonyl (C=O) groups is 3. The normalized spacial score (nSPS) is 19.6. The van der Waals surface area contributed by atoms with Crippen molar-refractivity contribution in [3.8, 4) is 0 Å². The number of carboxylic acids is 1. The molecule has 0 aliphatic carbocycles. The number of benzene rings is 1. The number of fused-ring (bicyclic) bond motifs is 2. The lowest BCUT2D eigenvalue weighted by atomic mass is 10.0. The van der Waals surface area contributed by atoms with Gasteiger partial charge in [0.05, 0.1) is 36.7 Å². The van der Waals surface area contributed by atoms with E-state index in [4.69, 9.17) is 22.2 Å². The molecule has 0 unspecified atom stereocenters. The third-order valence-corrected chi connectivity index (χ3v) is 10.9. The Hall–Kier alpha value is -4.87. The van der Waals surface area contributed by atoms with Gasteiger partial charge in [0.2, 0.25) is 0 Å². The number of thiazole rings is 1. The summed E-state index contributed by atoms with van der Waals surface area (Å²) < 4.78 is 6.04. The Morgan fingerprint density at radius 3 is 2.69 bits per heavy atom. The van der Waals surface area contributed by atoms with Gasteiger partial charge < -0.3 is 25.8 Å². The fourth-order valence-electron chi connectivity index (χ4n) is 6.12. The summed E-state index contributed by atoms with van der Waals surface area (Å²) >= 11 is 8.47. The lowest BCUT2D eigenvalue weighted by molar-refractivity contribution is -0.661. The van der Waals surface area contributed by atoms with Gasteiger partial charge in [0, 0.05) is 18.8 Å². The van der Waals surface area contributed by atoms with Gasteiger partial charge in [0.15, 0.2) is 17.0 Å². The standard InChI is InChI=1S/C31H31ClN10O5S2/c1-47-37-23(22-26(32)49-31(33)36-22)27(43)35-24-28(44)42-25(30(45)46)20(17-48-29(24)42)16-40-11-8-21-38(12-13-41(21)40)15-19-6-4-18(5-7-19)14-34-39-9-2-3-10-39/h4-8,11-14,24,29H,2-3,9-10,15-17H2,1H3,(H3-,33,35,36,43,45,46)/b34-14?,37-23-/t24-,29-/m1/s1. The van der Waals surface area contributed by atoms with Crippen LogP contribution in [0.25, 0.3) is 5.65 Å². The Labute approximate surface area is 293 Å². The number of hydrogen-bond acceptors (Lipinski definition) is 12.